The van der Waals surface area contributed by atoms with Gasteiger partial charge in [0.25, 0.3) is 0 Å². The van der Waals surface area contributed by atoms with Gasteiger partial charge >= 0.3 is 12.1 Å². The number of aromatic nitrogens is 1. The van der Waals surface area contributed by atoms with Crippen molar-refractivity contribution in [2.45, 2.75) is 71.3 Å². The van der Waals surface area contributed by atoms with Gasteiger partial charge in [0.1, 0.15) is 5.75 Å². The molecule has 1 aromatic heterocycles. The van der Waals surface area contributed by atoms with Crippen molar-refractivity contribution in [3.05, 3.63) is 71.0 Å². The highest BCUT2D eigenvalue weighted by Crippen LogP contribution is 2.47. The Balaban J connectivity index is 2.10. The van der Waals surface area contributed by atoms with Crippen molar-refractivity contribution in [2.75, 3.05) is 6.61 Å². The number of hydrogen-bond acceptors (Lipinski definition) is 4. The molecule has 1 aliphatic heterocycles. The van der Waals surface area contributed by atoms with Crippen LogP contribution in [0.25, 0.3) is 22.3 Å². The molecule has 0 radical (unpaired) electrons. The van der Waals surface area contributed by atoms with Crippen LogP contribution in [-0.2, 0) is 28.5 Å². The van der Waals surface area contributed by atoms with E-state index in [0.29, 0.717) is 41.9 Å². The Bertz CT molecular complexity index is 1330. The van der Waals surface area contributed by atoms with E-state index in [2.05, 4.69) is 4.98 Å². The Morgan fingerprint density at radius 1 is 1.11 bits per heavy atom. The molecule has 0 spiro atoms. The molecule has 8 heteroatoms. The largest absolute Gasteiger partial charge is 0.493 e. The highest BCUT2D eigenvalue weighted by molar-refractivity contribution is 5.91. The number of carbonyl (C=O) groups is 1. The maximum absolute atomic E-state index is 14.5. The van der Waals surface area contributed by atoms with Gasteiger partial charge in [-0.25, -0.2) is 4.79 Å². The van der Waals surface area contributed by atoms with Crippen LogP contribution in [0, 0.1) is 0 Å². The Morgan fingerprint density at radius 3 is 2.53 bits per heavy atom. The second-order valence-corrected chi connectivity index (χ2v) is 10.5. The van der Waals surface area contributed by atoms with E-state index in [1.54, 1.807) is 51.2 Å². The van der Waals surface area contributed by atoms with Crippen molar-refractivity contribution in [3.8, 4) is 28.0 Å². The van der Waals surface area contributed by atoms with Crippen molar-refractivity contribution in [2.24, 2.45) is 0 Å². The molecule has 4 rings (SSSR count). The lowest BCUT2D eigenvalue weighted by molar-refractivity contribution is -0.163. The highest BCUT2D eigenvalue weighted by atomic mass is 19.4. The minimum absolute atomic E-state index is 0.179. The van der Waals surface area contributed by atoms with E-state index >= 15 is 0 Å². The van der Waals surface area contributed by atoms with Gasteiger partial charge < -0.3 is 14.6 Å². The maximum Gasteiger partial charge on any atom is 0.416 e. The molecule has 2 aromatic carbocycles. The fourth-order valence-corrected chi connectivity index (χ4v) is 4.83. The van der Waals surface area contributed by atoms with Crippen LogP contribution in [0.2, 0.25) is 0 Å². The Hall–Kier alpha value is -3.39. The monoisotopic (exact) mass is 527 g/mol. The number of rotatable bonds is 7. The first-order valence-electron chi connectivity index (χ1n) is 12.7. The molecular formula is C30H32F3NO4. The predicted molar refractivity (Wildman–Crippen MR) is 139 cm³/mol. The van der Waals surface area contributed by atoms with Gasteiger partial charge in [-0.2, -0.15) is 13.2 Å². The molecule has 1 atom stereocenters. The summed E-state index contributed by atoms with van der Waals surface area (Å²) in [5.41, 5.74) is 0.989. The van der Waals surface area contributed by atoms with Crippen molar-refractivity contribution in [1.82, 2.24) is 4.98 Å². The van der Waals surface area contributed by atoms with Gasteiger partial charge in [0.05, 0.1) is 17.8 Å². The molecule has 0 saturated carbocycles. The van der Waals surface area contributed by atoms with Crippen LogP contribution in [0.4, 0.5) is 13.2 Å². The fourth-order valence-electron chi connectivity index (χ4n) is 4.83. The minimum atomic E-state index is -4.81. The van der Waals surface area contributed by atoms with Gasteiger partial charge in [0.15, 0.2) is 6.10 Å². The average Bonchev–Trinajstić information content (AvgIpc) is 2.85. The molecule has 2 heterocycles. The first kappa shape index (κ1) is 27.6. The molecule has 5 nitrogen and oxygen atoms in total. The summed E-state index contributed by atoms with van der Waals surface area (Å²) in [6.07, 6.45) is -1.98. The zero-order valence-electron chi connectivity index (χ0n) is 22.0. The standard InChI is InChI=1S/C30H32F3NO4/c1-5-7-21-17-18(13-14-34-21)22-10-11-23(30(31,32)33)26(27(28(35)36)38-29(2,3)4)25(22)20-9-12-24-19(16-20)8-6-15-37-24/h9-14,16-17,27H,5-8,15H2,1-4H3,(H,35,36). The highest BCUT2D eigenvalue weighted by Gasteiger charge is 2.41. The molecule has 3 aromatic rings. The molecule has 0 bridgehead atoms. The lowest BCUT2D eigenvalue weighted by Gasteiger charge is -2.30. The third-order valence-corrected chi connectivity index (χ3v) is 6.34. The van der Waals surface area contributed by atoms with Gasteiger partial charge in [-0.1, -0.05) is 25.5 Å². The average molecular weight is 528 g/mol. The van der Waals surface area contributed by atoms with Crippen LogP contribution in [-0.4, -0.2) is 28.3 Å². The molecule has 0 saturated heterocycles. The molecular weight excluding hydrogens is 495 g/mol. The molecule has 0 fully saturated rings. The summed E-state index contributed by atoms with van der Waals surface area (Å²) in [7, 11) is 0. The lowest BCUT2D eigenvalue weighted by Crippen LogP contribution is -2.29. The molecule has 0 amide bonds. The van der Waals surface area contributed by atoms with Crippen LogP contribution >= 0.6 is 0 Å². The SMILES string of the molecule is CCCc1cc(-c2ccc(C(F)(F)F)c(C(OC(C)(C)C)C(=O)O)c2-c2ccc3c(c2)CCCO3)ccn1. The second-order valence-electron chi connectivity index (χ2n) is 10.5. The number of ether oxygens (including phenoxy) is 2. The van der Waals surface area contributed by atoms with Gasteiger partial charge in [0, 0.05) is 17.5 Å². The normalized spacial score (nSPS) is 14.5. The van der Waals surface area contributed by atoms with Crippen molar-refractivity contribution in [1.29, 1.82) is 0 Å². The minimum Gasteiger partial charge on any atom is -0.493 e. The number of halogens is 3. The summed E-state index contributed by atoms with van der Waals surface area (Å²) in [4.78, 5) is 16.9. The number of nitrogens with zero attached hydrogens (tertiary/aromatic N) is 1. The summed E-state index contributed by atoms with van der Waals surface area (Å²) in [5, 5.41) is 10.2. The van der Waals surface area contributed by atoms with Crippen molar-refractivity contribution < 1.29 is 32.5 Å². The maximum atomic E-state index is 14.5. The Morgan fingerprint density at radius 2 is 1.87 bits per heavy atom. The van der Waals surface area contributed by atoms with E-state index in [1.807, 2.05) is 13.0 Å². The van der Waals surface area contributed by atoms with E-state index in [4.69, 9.17) is 9.47 Å². The molecule has 1 unspecified atom stereocenters. The number of aliphatic carboxylic acids is 1. The number of aryl methyl sites for hydroxylation is 2. The van der Waals surface area contributed by atoms with Gasteiger partial charge in [0.2, 0.25) is 0 Å². The van der Waals surface area contributed by atoms with Crippen LogP contribution in [0.3, 0.4) is 0 Å². The van der Waals surface area contributed by atoms with E-state index in [9.17, 15) is 23.1 Å². The predicted octanol–water partition coefficient (Wildman–Crippen LogP) is 7.65. The third-order valence-electron chi connectivity index (χ3n) is 6.34. The number of carboxylic acids is 1. The summed E-state index contributed by atoms with van der Waals surface area (Å²) in [6.45, 7) is 7.46. The van der Waals surface area contributed by atoms with Crippen LogP contribution < -0.4 is 4.74 Å². The van der Waals surface area contributed by atoms with Crippen molar-refractivity contribution in [3.63, 3.8) is 0 Å². The first-order valence-corrected chi connectivity index (χ1v) is 12.7. The zero-order valence-corrected chi connectivity index (χ0v) is 22.0. The topological polar surface area (TPSA) is 68.7 Å². The van der Waals surface area contributed by atoms with E-state index < -0.39 is 35.0 Å². The van der Waals surface area contributed by atoms with E-state index in [0.717, 1.165) is 30.2 Å². The Labute approximate surface area is 220 Å². The number of pyridine rings is 1. The van der Waals surface area contributed by atoms with E-state index in [-0.39, 0.29) is 5.56 Å². The summed E-state index contributed by atoms with van der Waals surface area (Å²) in [5.74, 6) is -0.809. The molecule has 202 valence electrons. The molecule has 0 aliphatic carbocycles. The zero-order chi connectivity index (χ0) is 27.7. The van der Waals surface area contributed by atoms with Gasteiger partial charge in [-0.15, -0.1) is 0 Å². The van der Waals surface area contributed by atoms with Crippen LogP contribution in [0.5, 0.6) is 5.75 Å². The van der Waals surface area contributed by atoms with Crippen LogP contribution in [0.1, 0.15) is 69.0 Å². The first-order chi connectivity index (χ1) is 17.9. The number of benzene rings is 2. The quantitative estimate of drug-likeness (QED) is 0.342. The molecule has 1 aliphatic rings. The number of alkyl halides is 3. The van der Waals surface area contributed by atoms with E-state index in [1.165, 1.54) is 6.07 Å². The second kappa shape index (κ2) is 10.8. The molecule has 38 heavy (non-hydrogen) atoms. The summed E-state index contributed by atoms with van der Waals surface area (Å²) >= 11 is 0. The van der Waals surface area contributed by atoms with Crippen LogP contribution in [0.15, 0.2) is 48.7 Å². The number of hydrogen-bond donors (Lipinski definition) is 1. The molecule has 1 N–H and O–H groups in total. The van der Waals surface area contributed by atoms with Gasteiger partial charge in [-0.05, 0) is 98.2 Å². The van der Waals surface area contributed by atoms with Crippen molar-refractivity contribution >= 4 is 5.97 Å². The number of fused-ring (bicyclic) bond motifs is 1. The summed E-state index contributed by atoms with van der Waals surface area (Å²) < 4.78 is 55.0. The Kier molecular flexibility index (Phi) is 7.83. The third kappa shape index (κ3) is 6.01. The fraction of sp³-hybridized carbons (Fsp3) is 0.400. The van der Waals surface area contributed by atoms with Gasteiger partial charge in [-0.3, -0.25) is 4.98 Å². The number of carboxylic acid groups (broad SMARTS) is 1. The lowest BCUT2D eigenvalue weighted by atomic mass is 9.84. The smallest absolute Gasteiger partial charge is 0.416 e. The summed E-state index contributed by atoms with van der Waals surface area (Å²) in [6, 6.07) is 11.2.